The maximum Gasteiger partial charge on any atom is 0.303 e. The number of halogens is 1. The highest BCUT2D eigenvalue weighted by molar-refractivity contribution is 7.90. The van der Waals surface area contributed by atoms with Crippen LogP contribution in [0.15, 0.2) is 41.3 Å². The number of benzene rings is 1. The molecule has 10 heteroatoms. The summed E-state index contributed by atoms with van der Waals surface area (Å²) in [5, 5.41) is 9.15. The Morgan fingerprint density at radius 1 is 1.14 bits per heavy atom. The summed E-state index contributed by atoms with van der Waals surface area (Å²) in [4.78, 5) is 15.1. The molecule has 0 bridgehead atoms. The lowest BCUT2D eigenvalue weighted by atomic mass is 10.2. The highest BCUT2D eigenvalue weighted by Crippen LogP contribution is 2.34. The zero-order valence-corrected chi connectivity index (χ0v) is 16.7. The molecule has 2 aromatic heterocycles. The van der Waals surface area contributed by atoms with Crippen LogP contribution in [-0.4, -0.2) is 41.7 Å². The van der Waals surface area contributed by atoms with Gasteiger partial charge < -0.3 is 14.6 Å². The Kier molecular flexibility index (Phi) is 5.10. The van der Waals surface area contributed by atoms with Crippen LogP contribution in [0, 0.1) is 0 Å². The maximum atomic E-state index is 13.5. The minimum Gasteiger partial charge on any atom is -0.486 e. The molecule has 0 saturated carbocycles. The molecular formula is C19H17ClN2O6S. The lowest BCUT2D eigenvalue weighted by molar-refractivity contribution is -0.137. The van der Waals surface area contributed by atoms with E-state index in [2.05, 4.69) is 4.98 Å². The molecule has 3 heterocycles. The number of fused-ring (bicyclic) bond motifs is 2. The van der Waals surface area contributed by atoms with E-state index in [0.717, 1.165) is 0 Å². The van der Waals surface area contributed by atoms with E-state index in [4.69, 9.17) is 26.2 Å². The third-order valence-electron chi connectivity index (χ3n) is 4.53. The predicted octanol–water partition coefficient (Wildman–Crippen LogP) is 3.11. The Morgan fingerprint density at radius 3 is 2.66 bits per heavy atom. The summed E-state index contributed by atoms with van der Waals surface area (Å²) in [6, 6.07) is 9.17. The number of hydrogen-bond donors (Lipinski definition) is 1. The number of aryl methyl sites for hydroxylation is 1. The molecule has 0 aliphatic carbocycles. The SMILES string of the molecule is O=C(O)CCCc1cc2nc(Cl)ccc2n1S(=O)(=O)c1ccc2c(c1)OCCO2. The van der Waals surface area contributed by atoms with Gasteiger partial charge in [-0.05, 0) is 43.2 Å². The molecule has 3 aromatic rings. The number of hydrogen-bond acceptors (Lipinski definition) is 6. The lowest BCUT2D eigenvalue weighted by Crippen LogP contribution is -2.18. The minimum absolute atomic E-state index is 0.0358. The molecule has 8 nitrogen and oxygen atoms in total. The van der Waals surface area contributed by atoms with Crippen LogP contribution in [0.1, 0.15) is 18.5 Å². The van der Waals surface area contributed by atoms with Gasteiger partial charge in [0, 0.05) is 18.2 Å². The van der Waals surface area contributed by atoms with E-state index in [9.17, 15) is 13.2 Å². The van der Waals surface area contributed by atoms with Crippen molar-refractivity contribution in [2.24, 2.45) is 0 Å². The number of aromatic nitrogens is 2. The highest BCUT2D eigenvalue weighted by atomic mass is 35.5. The number of ether oxygens (including phenoxy) is 2. The smallest absolute Gasteiger partial charge is 0.303 e. The number of carboxylic acids is 1. The van der Waals surface area contributed by atoms with Crippen molar-refractivity contribution in [1.29, 1.82) is 0 Å². The summed E-state index contributed by atoms with van der Waals surface area (Å²) in [5.41, 5.74) is 1.23. The van der Waals surface area contributed by atoms with Gasteiger partial charge in [-0.1, -0.05) is 11.6 Å². The Hall–Kier alpha value is -2.78. The first kappa shape index (κ1) is 19.5. The molecule has 0 radical (unpaired) electrons. The minimum atomic E-state index is -4.00. The van der Waals surface area contributed by atoms with Gasteiger partial charge in [0.1, 0.15) is 18.4 Å². The third kappa shape index (κ3) is 3.75. The lowest BCUT2D eigenvalue weighted by Gasteiger charge is -2.19. The van der Waals surface area contributed by atoms with Crippen molar-refractivity contribution in [1.82, 2.24) is 8.96 Å². The highest BCUT2D eigenvalue weighted by Gasteiger charge is 2.26. The largest absolute Gasteiger partial charge is 0.486 e. The van der Waals surface area contributed by atoms with Gasteiger partial charge in [0.25, 0.3) is 10.0 Å². The van der Waals surface area contributed by atoms with Crippen LogP contribution in [0.5, 0.6) is 11.5 Å². The zero-order valence-electron chi connectivity index (χ0n) is 15.2. The third-order valence-corrected chi connectivity index (χ3v) is 6.50. The summed E-state index contributed by atoms with van der Waals surface area (Å²) in [6.45, 7) is 0.743. The van der Waals surface area contributed by atoms with Crippen LogP contribution >= 0.6 is 11.6 Å². The molecular weight excluding hydrogens is 420 g/mol. The van der Waals surface area contributed by atoms with Crippen molar-refractivity contribution in [2.45, 2.75) is 24.2 Å². The van der Waals surface area contributed by atoms with Gasteiger partial charge in [0.05, 0.1) is 15.9 Å². The molecule has 4 rings (SSSR count). The Morgan fingerprint density at radius 2 is 1.90 bits per heavy atom. The van der Waals surface area contributed by atoms with E-state index in [-0.39, 0.29) is 29.3 Å². The topological polar surface area (TPSA) is 108 Å². The number of rotatable bonds is 6. The monoisotopic (exact) mass is 436 g/mol. The van der Waals surface area contributed by atoms with Gasteiger partial charge in [-0.15, -0.1) is 0 Å². The number of pyridine rings is 1. The van der Waals surface area contributed by atoms with Crippen LogP contribution in [-0.2, 0) is 21.2 Å². The number of aliphatic carboxylic acids is 1. The quantitative estimate of drug-likeness (QED) is 0.591. The molecule has 152 valence electrons. The summed E-state index contributed by atoms with van der Waals surface area (Å²) in [7, 11) is -4.00. The predicted molar refractivity (Wildman–Crippen MR) is 105 cm³/mol. The average Bonchev–Trinajstić information content (AvgIpc) is 3.05. The van der Waals surface area contributed by atoms with Crippen molar-refractivity contribution in [2.75, 3.05) is 13.2 Å². The van der Waals surface area contributed by atoms with Crippen LogP contribution in [0.4, 0.5) is 0 Å². The summed E-state index contributed by atoms with van der Waals surface area (Å²) in [5.74, 6) is -0.0893. The van der Waals surface area contributed by atoms with Gasteiger partial charge in [-0.2, -0.15) is 0 Å². The molecule has 0 amide bonds. The molecule has 29 heavy (non-hydrogen) atoms. The van der Waals surface area contributed by atoms with Crippen molar-refractivity contribution in [3.63, 3.8) is 0 Å². The van der Waals surface area contributed by atoms with Crippen molar-refractivity contribution in [3.05, 3.63) is 47.2 Å². The molecule has 0 fully saturated rings. The summed E-state index contributed by atoms with van der Waals surface area (Å²) >= 11 is 5.96. The number of carboxylic acid groups (broad SMARTS) is 1. The average molecular weight is 437 g/mol. The maximum absolute atomic E-state index is 13.5. The molecule has 1 aliphatic rings. The molecule has 0 atom stereocenters. The second-order valence-corrected chi connectivity index (χ2v) is 8.67. The Labute approximate surface area is 171 Å². The summed E-state index contributed by atoms with van der Waals surface area (Å²) in [6.07, 6.45) is 0.472. The molecule has 0 unspecified atom stereocenters. The van der Waals surface area contributed by atoms with Crippen LogP contribution in [0.2, 0.25) is 5.15 Å². The normalized spacial score (nSPS) is 13.6. The molecule has 1 aliphatic heterocycles. The standard InChI is InChI=1S/C19H17ClN2O6S/c20-18-7-5-15-14(21-18)10-12(2-1-3-19(23)24)22(15)29(25,26)13-4-6-16-17(11-13)28-9-8-27-16/h4-7,10-11H,1-3,8-9H2,(H,23,24). The first-order valence-electron chi connectivity index (χ1n) is 8.90. The van der Waals surface area contributed by atoms with E-state index in [0.29, 0.717) is 41.4 Å². The van der Waals surface area contributed by atoms with Crippen LogP contribution in [0.25, 0.3) is 11.0 Å². The number of carbonyl (C=O) groups is 1. The van der Waals surface area contributed by atoms with E-state index in [1.54, 1.807) is 18.2 Å². The fourth-order valence-corrected chi connectivity index (χ4v) is 4.99. The van der Waals surface area contributed by atoms with Gasteiger partial charge >= 0.3 is 5.97 Å². The van der Waals surface area contributed by atoms with Crippen molar-refractivity contribution >= 4 is 38.6 Å². The van der Waals surface area contributed by atoms with E-state index < -0.39 is 16.0 Å². The van der Waals surface area contributed by atoms with Crippen LogP contribution < -0.4 is 9.47 Å². The Bertz CT molecular complexity index is 1200. The fourth-order valence-electron chi connectivity index (χ4n) is 3.26. The first-order chi connectivity index (χ1) is 13.9. The van der Waals surface area contributed by atoms with E-state index >= 15 is 0 Å². The molecule has 1 N–H and O–H groups in total. The number of nitrogens with zero attached hydrogens (tertiary/aromatic N) is 2. The van der Waals surface area contributed by atoms with Gasteiger partial charge in [0.2, 0.25) is 0 Å². The molecule has 0 spiro atoms. The second-order valence-electron chi connectivity index (χ2n) is 6.50. The molecule has 0 saturated heterocycles. The Balaban J connectivity index is 1.83. The van der Waals surface area contributed by atoms with Crippen LogP contribution in [0.3, 0.4) is 0 Å². The van der Waals surface area contributed by atoms with Gasteiger partial charge in [-0.25, -0.2) is 17.4 Å². The van der Waals surface area contributed by atoms with Crippen molar-refractivity contribution < 1.29 is 27.8 Å². The van der Waals surface area contributed by atoms with Gasteiger partial charge in [0.15, 0.2) is 11.5 Å². The zero-order chi connectivity index (χ0) is 20.6. The van der Waals surface area contributed by atoms with E-state index in [1.165, 1.54) is 22.2 Å². The van der Waals surface area contributed by atoms with Gasteiger partial charge in [-0.3, -0.25) is 4.79 Å². The molecule has 1 aromatic carbocycles. The first-order valence-corrected chi connectivity index (χ1v) is 10.7. The van der Waals surface area contributed by atoms with Crippen molar-refractivity contribution in [3.8, 4) is 11.5 Å². The van der Waals surface area contributed by atoms with E-state index in [1.807, 2.05) is 0 Å². The second kappa shape index (κ2) is 7.57. The summed E-state index contributed by atoms with van der Waals surface area (Å²) < 4.78 is 39.1. The fraction of sp³-hybridized carbons (Fsp3) is 0.263.